The van der Waals surface area contributed by atoms with Crippen LogP contribution in [0, 0.1) is 11.3 Å². The van der Waals surface area contributed by atoms with E-state index in [9.17, 15) is 4.79 Å². The third-order valence-corrected chi connectivity index (χ3v) is 2.90. The summed E-state index contributed by atoms with van der Waals surface area (Å²) in [6, 6.07) is 8.12. The maximum atomic E-state index is 11.9. The van der Waals surface area contributed by atoms with Gasteiger partial charge in [0.15, 0.2) is 0 Å². The highest BCUT2D eigenvalue weighted by atomic mass is 32.1. The van der Waals surface area contributed by atoms with Gasteiger partial charge in [0.2, 0.25) is 5.88 Å². The average molecular weight is 273 g/mol. The highest BCUT2D eigenvalue weighted by Gasteiger charge is 2.09. The van der Waals surface area contributed by atoms with Crippen LogP contribution in [0.1, 0.15) is 12.5 Å². The van der Waals surface area contributed by atoms with Gasteiger partial charge in [-0.1, -0.05) is 0 Å². The molecule has 0 spiro atoms. The molecule has 0 saturated heterocycles. The molecule has 0 N–H and O–H groups in total. The molecule has 2 aromatic rings. The van der Waals surface area contributed by atoms with Crippen molar-refractivity contribution >= 4 is 12.6 Å². The Kier molecular flexibility index (Phi) is 3.88. The number of pyridine rings is 2. The van der Waals surface area contributed by atoms with Gasteiger partial charge in [0, 0.05) is 12.1 Å². The first-order valence-corrected chi connectivity index (χ1v) is 6.06. The molecule has 0 saturated carbocycles. The lowest BCUT2D eigenvalue weighted by atomic mass is 10.3. The van der Waals surface area contributed by atoms with E-state index >= 15 is 0 Å². The summed E-state index contributed by atoms with van der Waals surface area (Å²) in [5, 5.41) is 9.24. The van der Waals surface area contributed by atoms with Crippen LogP contribution in [0.15, 0.2) is 40.3 Å². The molecule has 6 heteroatoms. The second kappa shape index (κ2) is 5.59. The maximum Gasteiger partial charge on any atom is 0.256 e. The summed E-state index contributed by atoms with van der Waals surface area (Å²) in [5.41, 5.74) is 0.599. The molecule has 0 aliphatic carbocycles. The minimum atomic E-state index is -0.269. The van der Waals surface area contributed by atoms with E-state index in [1.807, 2.05) is 13.0 Å². The monoisotopic (exact) mass is 273 g/mol. The van der Waals surface area contributed by atoms with Crippen LogP contribution < -0.4 is 10.3 Å². The predicted octanol–water partition coefficient (Wildman–Crippen LogP) is 1.79. The Hall–Kier alpha value is -2.26. The molecule has 96 valence electrons. The number of rotatable bonds is 3. The minimum absolute atomic E-state index is 0.269. The van der Waals surface area contributed by atoms with Crippen molar-refractivity contribution in [3.05, 3.63) is 46.4 Å². The van der Waals surface area contributed by atoms with Gasteiger partial charge in [-0.2, -0.15) is 5.26 Å². The molecule has 0 fully saturated rings. The minimum Gasteiger partial charge on any atom is -0.478 e. The van der Waals surface area contributed by atoms with Gasteiger partial charge in [0.25, 0.3) is 5.56 Å². The Morgan fingerprint density at radius 3 is 2.79 bits per heavy atom. The second-order valence-electron chi connectivity index (χ2n) is 3.64. The molecule has 0 bridgehead atoms. The molecule has 5 nitrogen and oxygen atoms in total. The maximum absolute atomic E-state index is 11.9. The standard InChI is InChI=1S/C13H11N3O2S/c1-2-18-11-5-4-10(8-15-11)16-12(17)6-3-9(7-14)13(16)19/h3-6,8,19H,2H2,1H3. The number of nitrogens with zero attached hydrogens (tertiary/aromatic N) is 3. The fraction of sp³-hybridized carbons (Fsp3) is 0.154. The molecule has 0 amide bonds. The molecule has 0 aliphatic rings. The van der Waals surface area contributed by atoms with E-state index in [4.69, 9.17) is 10.00 Å². The van der Waals surface area contributed by atoms with Crippen molar-refractivity contribution in [3.8, 4) is 17.6 Å². The van der Waals surface area contributed by atoms with E-state index in [0.717, 1.165) is 0 Å². The SMILES string of the molecule is CCOc1ccc(-n2c(S)c(C#N)ccc2=O)cn1. The summed E-state index contributed by atoms with van der Waals surface area (Å²) in [6.45, 7) is 2.39. The van der Waals surface area contributed by atoms with Gasteiger partial charge in [-0.15, -0.1) is 12.6 Å². The molecule has 2 aromatic heterocycles. The topological polar surface area (TPSA) is 67.9 Å². The summed E-state index contributed by atoms with van der Waals surface area (Å²) < 4.78 is 6.56. The molecule has 0 radical (unpaired) electrons. The van der Waals surface area contributed by atoms with Crippen molar-refractivity contribution in [2.75, 3.05) is 6.61 Å². The van der Waals surface area contributed by atoms with Crippen LogP contribution in [0.25, 0.3) is 5.69 Å². The molecule has 0 aliphatic heterocycles. The van der Waals surface area contributed by atoms with Gasteiger partial charge in [0.05, 0.1) is 29.1 Å². The lowest BCUT2D eigenvalue weighted by Gasteiger charge is -2.10. The first kappa shape index (κ1) is 13.2. The zero-order valence-electron chi connectivity index (χ0n) is 10.2. The Balaban J connectivity index is 2.53. The van der Waals surface area contributed by atoms with Gasteiger partial charge in [-0.05, 0) is 19.1 Å². The first-order valence-electron chi connectivity index (χ1n) is 5.61. The highest BCUT2D eigenvalue weighted by Crippen LogP contribution is 2.17. The largest absolute Gasteiger partial charge is 0.478 e. The molecule has 0 unspecified atom stereocenters. The fourth-order valence-corrected chi connectivity index (χ4v) is 1.94. The van der Waals surface area contributed by atoms with Gasteiger partial charge < -0.3 is 4.74 Å². The van der Waals surface area contributed by atoms with E-state index in [-0.39, 0.29) is 5.56 Å². The van der Waals surface area contributed by atoms with Crippen molar-refractivity contribution in [1.82, 2.24) is 9.55 Å². The number of hydrogen-bond acceptors (Lipinski definition) is 5. The van der Waals surface area contributed by atoms with Gasteiger partial charge in [-0.3, -0.25) is 9.36 Å². The van der Waals surface area contributed by atoms with Crippen LogP contribution in [0.4, 0.5) is 0 Å². The van der Waals surface area contributed by atoms with Gasteiger partial charge in [-0.25, -0.2) is 4.98 Å². The van der Waals surface area contributed by atoms with Gasteiger partial charge >= 0.3 is 0 Å². The highest BCUT2D eigenvalue weighted by molar-refractivity contribution is 7.80. The van der Waals surface area contributed by atoms with Crippen LogP contribution in [0.5, 0.6) is 5.88 Å². The predicted molar refractivity (Wildman–Crippen MR) is 73.0 cm³/mol. The Labute approximate surface area is 115 Å². The summed E-state index contributed by atoms with van der Waals surface area (Å²) in [5.74, 6) is 0.483. The van der Waals surface area contributed by atoms with Gasteiger partial charge in [0.1, 0.15) is 6.07 Å². The molecule has 0 aromatic carbocycles. The molecule has 2 heterocycles. The van der Waals surface area contributed by atoms with Crippen LogP contribution in [0.3, 0.4) is 0 Å². The molecular formula is C13H11N3O2S. The molecular weight excluding hydrogens is 262 g/mol. The Morgan fingerprint density at radius 2 is 2.21 bits per heavy atom. The fourth-order valence-electron chi connectivity index (χ4n) is 1.60. The number of aromatic nitrogens is 2. The molecule has 0 atom stereocenters. The average Bonchev–Trinajstić information content (AvgIpc) is 2.41. The number of ether oxygens (including phenoxy) is 1. The number of hydrogen-bond donors (Lipinski definition) is 1. The van der Waals surface area contributed by atoms with Crippen LogP contribution in [0.2, 0.25) is 0 Å². The van der Waals surface area contributed by atoms with Crippen LogP contribution in [-0.4, -0.2) is 16.2 Å². The number of nitriles is 1. The van der Waals surface area contributed by atoms with Crippen LogP contribution in [-0.2, 0) is 0 Å². The van der Waals surface area contributed by atoms with E-state index in [2.05, 4.69) is 17.6 Å². The smallest absolute Gasteiger partial charge is 0.256 e. The third-order valence-electron chi connectivity index (χ3n) is 2.46. The third kappa shape index (κ3) is 2.61. The lowest BCUT2D eigenvalue weighted by Crippen LogP contribution is -2.19. The normalized spacial score (nSPS) is 9.95. The number of thiol groups is 1. The summed E-state index contributed by atoms with van der Waals surface area (Å²) >= 11 is 4.22. The Bertz CT molecular complexity index is 687. The zero-order valence-corrected chi connectivity index (χ0v) is 11.1. The van der Waals surface area contributed by atoms with E-state index in [1.165, 1.54) is 22.9 Å². The van der Waals surface area contributed by atoms with Crippen molar-refractivity contribution in [3.63, 3.8) is 0 Å². The summed E-state index contributed by atoms with van der Waals surface area (Å²) in [7, 11) is 0. The van der Waals surface area contributed by atoms with E-state index < -0.39 is 0 Å². The quantitative estimate of drug-likeness (QED) is 0.866. The first-order chi connectivity index (χ1) is 9.17. The van der Waals surface area contributed by atoms with E-state index in [1.54, 1.807) is 12.1 Å². The Morgan fingerprint density at radius 1 is 1.42 bits per heavy atom. The zero-order chi connectivity index (χ0) is 13.8. The van der Waals surface area contributed by atoms with Crippen molar-refractivity contribution in [2.45, 2.75) is 11.9 Å². The molecule has 2 rings (SSSR count). The van der Waals surface area contributed by atoms with Crippen molar-refractivity contribution in [2.24, 2.45) is 0 Å². The van der Waals surface area contributed by atoms with Crippen molar-refractivity contribution < 1.29 is 4.74 Å². The second-order valence-corrected chi connectivity index (χ2v) is 4.07. The molecule has 19 heavy (non-hydrogen) atoms. The summed E-state index contributed by atoms with van der Waals surface area (Å²) in [4.78, 5) is 15.9. The van der Waals surface area contributed by atoms with E-state index in [0.29, 0.717) is 28.8 Å². The van der Waals surface area contributed by atoms with Crippen molar-refractivity contribution in [1.29, 1.82) is 5.26 Å². The lowest BCUT2D eigenvalue weighted by molar-refractivity contribution is 0.327. The summed E-state index contributed by atoms with van der Waals surface area (Å²) in [6.07, 6.45) is 1.51. The van der Waals surface area contributed by atoms with Crippen LogP contribution >= 0.6 is 12.6 Å².